The highest BCUT2D eigenvalue weighted by molar-refractivity contribution is 7.13. The second-order valence-corrected chi connectivity index (χ2v) is 5.07. The van der Waals surface area contributed by atoms with Gasteiger partial charge in [0.2, 0.25) is 5.95 Å². The summed E-state index contributed by atoms with van der Waals surface area (Å²) in [6, 6.07) is 4.12. The van der Waals surface area contributed by atoms with Crippen molar-refractivity contribution in [3.8, 4) is 10.6 Å². The molecule has 0 amide bonds. The van der Waals surface area contributed by atoms with Crippen molar-refractivity contribution in [3.63, 3.8) is 0 Å². The monoisotopic (exact) mass is 246 g/mol. The molecule has 0 spiro atoms. The van der Waals surface area contributed by atoms with Gasteiger partial charge >= 0.3 is 0 Å². The summed E-state index contributed by atoms with van der Waals surface area (Å²) in [5.41, 5.74) is 7.99. The standard InChI is InChI=1S/C12H14N4S/c13-12-15-10(9-5-3-7-17-9)8-4-1-2-6-14-11(8)16-12/h3,5,7H,1-2,4,6H2,(H3,13,14,15,16). The molecule has 3 N–H and O–H groups in total. The minimum absolute atomic E-state index is 0.349. The number of nitrogens with one attached hydrogen (secondary N) is 1. The van der Waals surface area contributed by atoms with Crippen LogP contribution in [0.5, 0.6) is 0 Å². The van der Waals surface area contributed by atoms with Gasteiger partial charge in [0.1, 0.15) is 5.82 Å². The molecule has 0 bridgehead atoms. The lowest BCUT2D eigenvalue weighted by molar-refractivity contribution is 0.785. The van der Waals surface area contributed by atoms with Crippen LogP contribution in [0.1, 0.15) is 18.4 Å². The maximum atomic E-state index is 5.78. The molecule has 0 aliphatic carbocycles. The molecule has 0 unspecified atom stereocenters. The third kappa shape index (κ3) is 1.98. The molecule has 2 aromatic rings. The average molecular weight is 246 g/mol. The predicted octanol–water partition coefficient (Wildman–Crippen LogP) is 2.54. The number of hydrogen-bond acceptors (Lipinski definition) is 5. The van der Waals surface area contributed by atoms with Crippen molar-refractivity contribution in [2.24, 2.45) is 0 Å². The van der Waals surface area contributed by atoms with E-state index in [4.69, 9.17) is 5.73 Å². The fraction of sp³-hybridized carbons (Fsp3) is 0.333. The van der Waals surface area contributed by atoms with Gasteiger partial charge in [-0.05, 0) is 30.7 Å². The fourth-order valence-corrected chi connectivity index (χ4v) is 2.88. The molecule has 0 atom stereocenters. The summed E-state index contributed by atoms with van der Waals surface area (Å²) in [5.74, 6) is 1.26. The van der Waals surface area contributed by atoms with Crippen molar-refractivity contribution in [2.75, 3.05) is 17.6 Å². The third-order valence-electron chi connectivity index (χ3n) is 2.92. The maximum absolute atomic E-state index is 5.78. The van der Waals surface area contributed by atoms with E-state index < -0.39 is 0 Å². The Morgan fingerprint density at radius 1 is 1.29 bits per heavy atom. The van der Waals surface area contributed by atoms with Crippen molar-refractivity contribution in [1.29, 1.82) is 0 Å². The first kappa shape index (κ1) is 10.5. The zero-order chi connectivity index (χ0) is 11.7. The highest BCUT2D eigenvalue weighted by Gasteiger charge is 2.17. The molecule has 0 saturated carbocycles. The fourth-order valence-electron chi connectivity index (χ4n) is 2.13. The summed E-state index contributed by atoms with van der Waals surface area (Å²) in [6.07, 6.45) is 3.36. The number of anilines is 2. The van der Waals surface area contributed by atoms with E-state index in [1.807, 2.05) is 6.07 Å². The summed E-state index contributed by atoms with van der Waals surface area (Å²) in [7, 11) is 0. The Bertz CT molecular complexity index is 522. The van der Waals surface area contributed by atoms with Gasteiger partial charge in [0, 0.05) is 12.1 Å². The molecule has 3 rings (SSSR count). The number of thiophene rings is 1. The first-order chi connectivity index (χ1) is 8.34. The molecular weight excluding hydrogens is 232 g/mol. The molecule has 1 aliphatic heterocycles. The number of aromatic nitrogens is 2. The van der Waals surface area contributed by atoms with Crippen molar-refractivity contribution >= 4 is 23.1 Å². The maximum Gasteiger partial charge on any atom is 0.222 e. The normalized spacial score (nSPS) is 14.8. The van der Waals surface area contributed by atoms with Gasteiger partial charge in [-0.25, -0.2) is 4.98 Å². The van der Waals surface area contributed by atoms with E-state index in [1.165, 1.54) is 23.3 Å². The second kappa shape index (κ2) is 4.33. The van der Waals surface area contributed by atoms with Crippen molar-refractivity contribution < 1.29 is 0 Å². The minimum atomic E-state index is 0.349. The van der Waals surface area contributed by atoms with Crippen LogP contribution in [0.25, 0.3) is 10.6 Å². The molecule has 0 radical (unpaired) electrons. The van der Waals surface area contributed by atoms with Crippen molar-refractivity contribution in [1.82, 2.24) is 9.97 Å². The number of nitrogen functional groups attached to an aromatic ring is 1. The lowest BCUT2D eigenvalue weighted by Crippen LogP contribution is -2.07. The van der Waals surface area contributed by atoms with Crippen LogP contribution in [-0.2, 0) is 6.42 Å². The molecule has 17 heavy (non-hydrogen) atoms. The van der Waals surface area contributed by atoms with Gasteiger partial charge in [-0.3, -0.25) is 0 Å². The van der Waals surface area contributed by atoms with Gasteiger partial charge < -0.3 is 11.1 Å². The molecule has 4 nitrogen and oxygen atoms in total. The molecular formula is C12H14N4S. The van der Waals surface area contributed by atoms with Gasteiger partial charge in [-0.1, -0.05) is 6.07 Å². The van der Waals surface area contributed by atoms with Gasteiger partial charge in [-0.2, -0.15) is 4.98 Å². The van der Waals surface area contributed by atoms with E-state index in [9.17, 15) is 0 Å². The Hall–Kier alpha value is -1.62. The van der Waals surface area contributed by atoms with Crippen LogP contribution in [0.15, 0.2) is 17.5 Å². The zero-order valence-electron chi connectivity index (χ0n) is 9.44. The number of fused-ring (bicyclic) bond motifs is 1. The van der Waals surface area contributed by atoms with E-state index in [0.29, 0.717) is 5.95 Å². The first-order valence-corrected chi connectivity index (χ1v) is 6.67. The summed E-state index contributed by atoms with van der Waals surface area (Å²) in [6.45, 7) is 0.966. The van der Waals surface area contributed by atoms with Crippen LogP contribution in [0.2, 0.25) is 0 Å². The van der Waals surface area contributed by atoms with Crippen LogP contribution < -0.4 is 11.1 Å². The summed E-state index contributed by atoms with van der Waals surface area (Å²) in [5, 5.41) is 5.40. The molecule has 0 fully saturated rings. The number of hydrogen-bond donors (Lipinski definition) is 2. The van der Waals surface area contributed by atoms with Crippen LogP contribution in [0.3, 0.4) is 0 Å². The second-order valence-electron chi connectivity index (χ2n) is 4.12. The quantitative estimate of drug-likeness (QED) is 0.811. The average Bonchev–Trinajstić information content (AvgIpc) is 2.74. The molecule has 2 aromatic heterocycles. The van der Waals surface area contributed by atoms with Crippen LogP contribution >= 0.6 is 11.3 Å². The largest absolute Gasteiger partial charge is 0.370 e. The molecule has 5 heteroatoms. The lowest BCUT2D eigenvalue weighted by atomic mass is 10.1. The molecule has 0 aromatic carbocycles. The van der Waals surface area contributed by atoms with E-state index in [0.717, 1.165) is 24.5 Å². The minimum Gasteiger partial charge on any atom is -0.370 e. The SMILES string of the molecule is Nc1nc2c(c(-c3cccs3)n1)CCCCN2. The Morgan fingerprint density at radius 3 is 3.06 bits per heavy atom. The summed E-state index contributed by atoms with van der Waals surface area (Å²) < 4.78 is 0. The van der Waals surface area contributed by atoms with Crippen LogP contribution in [-0.4, -0.2) is 16.5 Å². The van der Waals surface area contributed by atoms with Crippen molar-refractivity contribution in [2.45, 2.75) is 19.3 Å². The van der Waals surface area contributed by atoms with Gasteiger partial charge in [0.15, 0.2) is 0 Å². The first-order valence-electron chi connectivity index (χ1n) is 5.79. The van der Waals surface area contributed by atoms with E-state index in [-0.39, 0.29) is 0 Å². The van der Waals surface area contributed by atoms with E-state index in [2.05, 4.69) is 26.7 Å². The molecule has 1 aliphatic rings. The smallest absolute Gasteiger partial charge is 0.222 e. The highest BCUT2D eigenvalue weighted by atomic mass is 32.1. The molecule has 88 valence electrons. The lowest BCUT2D eigenvalue weighted by Gasteiger charge is -2.11. The van der Waals surface area contributed by atoms with Gasteiger partial charge in [-0.15, -0.1) is 11.3 Å². The highest BCUT2D eigenvalue weighted by Crippen LogP contribution is 2.32. The zero-order valence-corrected chi connectivity index (χ0v) is 10.3. The van der Waals surface area contributed by atoms with Gasteiger partial charge in [0.25, 0.3) is 0 Å². The summed E-state index contributed by atoms with van der Waals surface area (Å²) >= 11 is 1.69. The number of rotatable bonds is 1. The van der Waals surface area contributed by atoms with E-state index in [1.54, 1.807) is 11.3 Å². The predicted molar refractivity (Wildman–Crippen MR) is 71.2 cm³/mol. The number of nitrogens with zero attached hydrogens (tertiary/aromatic N) is 2. The third-order valence-corrected chi connectivity index (χ3v) is 3.80. The molecule has 3 heterocycles. The topological polar surface area (TPSA) is 63.8 Å². The Labute approximate surface area is 104 Å². The van der Waals surface area contributed by atoms with Crippen LogP contribution in [0, 0.1) is 0 Å². The Morgan fingerprint density at radius 2 is 2.24 bits per heavy atom. The Balaban J connectivity index is 2.17. The van der Waals surface area contributed by atoms with E-state index >= 15 is 0 Å². The Kier molecular flexibility index (Phi) is 2.68. The summed E-state index contributed by atoms with van der Waals surface area (Å²) in [4.78, 5) is 9.88. The molecule has 0 saturated heterocycles. The van der Waals surface area contributed by atoms with Crippen molar-refractivity contribution in [3.05, 3.63) is 23.1 Å². The number of nitrogens with two attached hydrogens (primary N) is 1. The van der Waals surface area contributed by atoms with Gasteiger partial charge in [0.05, 0.1) is 10.6 Å². The van der Waals surface area contributed by atoms with Crippen LogP contribution in [0.4, 0.5) is 11.8 Å².